The Kier molecular flexibility index (Phi) is 6.66. The second kappa shape index (κ2) is 9.39. The van der Waals surface area contributed by atoms with Crippen LogP contribution in [-0.4, -0.2) is 35.9 Å². The van der Waals surface area contributed by atoms with Crippen molar-refractivity contribution in [3.05, 3.63) is 63.7 Å². The van der Waals surface area contributed by atoms with Gasteiger partial charge in [-0.05, 0) is 56.5 Å². The van der Waals surface area contributed by atoms with Crippen LogP contribution in [0, 0.1) is 10.1 Å². The van der Waals surface area contributed by atoms with E-state index in [9.17, 15) is 19.7 Å². The van der Waals surface area contributed by atoms with Gasteiger partial charge in [-0.15, -0.1) is 0 Å². The maximum atomic E-state index is 12.9. The molecular weight excluding hydrogens is 384 g/mol. The molecule has 2 amide bonds. The van der Waals surface area contributed by atoms with E-state index in [2.05, 4.69) is 15.5 Å². The van der Waals surface area contributed by atoms with Crippen LogP contribution in [0.5, 0.6) is 0 Å². The number of amides is 2. The summed E-state index contributed by atoms with van der Waals surface area (Å²) < 4.78 is 0. The molecule has 8 nitrogen and oxygen atoms in total. The number of nitrogens with zero attached hydrogens (tertiary/aromatic N) is 2. The van der Waals surface area contributed by atoms with Crippen LogP contribution in [0.2, 0.25) is 0 Å². The highest BCUT2D eigenvalue weighted by molar-refractivity contribution is 6.06. The zero-order chi connectivity index (χ0) is 21.7. The van der Waals surface area contributed by atoms with E-state index in [1.54, 1.807) is 12.1 Å². The van der Waals surface area contributed by atoms with E-state index in [-0.39, 0.29) is 17.6 Å². The molecule has 0 spiro atoms. The number of hydrogen-bond donors (Lipinski definition) is 2. The molecule has 1 aliphatic rings. The third-order valence-electron chi connectivity index (χ3n) is 5.28. The summed E-state index contributed by atoms with van der Waals surface area (Å²) >= 11 is 0. The van der Waals surface area contributed by atoms with Crippen LogP contribution >= 0.6 is 0 Å². The van der Waals surface area contributed by atoms with Gasteiger partial charge in [0, 0.05) is 48.2 Å². The van der Waals surface area contributed by atoms with Crippen LogP contribution in [0.4, 0.5) is 17.1 Å². The molecule has 158 valence electrons. The minimum Gasteiger partial charge on any atom is -0.371 e. The summed E-state index contributed by atoms with van der Waals surface area (Å²) in [6.07, 6.45) is 3.00. The van der Waals surface area contributed by atoms with Gasteiger partial charge in [-0.3, -0.25) is 19.7 Å². The molecule has 0 bridgehead atoms. The predicted octanol–water partition coefficient (Wildman–Crippen LogP) is 3.98. The van der Waals surface area contributed by atoms with Crippen LogP contribution in [0.3, 0.4) is 0 Å². The van der Waals surface area contributed by atoms with Gasteiger partial charge in [-0.1, -0.05) is 6.92 Å². The van der Waals surface area contributed by atoms with E-state index in [0.29, 0.717) is 16.8 Å². The minimum absolute atomic E-state index is 0.0438. The molecule has 1 saturated heterocycles. The standard InChI is InChI=1S/C22H26N4O4/c1-3-15(2)23-22(28)19-14-17(8-11-20(19)25-12-4-5-13-25)24-21(27)16-6-9-18(10-7-16)26(29)30/h6-11,14-15H,3-5,12-13H2,1-2H3,(H,23,28)(H,24,27)/t15-/m1/s1. The van der Waals surface area contributed by atoms with Crippen LogP contribution < -0.4 is 15.5 Å². The van der Waals surface area contributed by atoms with E-state index in [1.165, 1.54) is 24.3 Å². The number of rotatable bonds is 7. The highest BCUT2D eigenvalue weighted by Crippen LogP contribution is 2.28. The Morgan fingerprint density at radius 3 is 2.37 bits per heavy atom. The average molecular weight is 410 g/mol. The fourth-order valence-electron chi connectivity index (χ4n) is 3.37. The lowest BCUT2D eigenvalue weighted by atomic mass is 10.1. The normalized spacial score (nSPS) is 14.3. The second-order valence-electron chi connectivity index (χ2n) is 7.47. The third kappa shape index (κ3) is 4.94. The molecule has 0 aliphatic carbocycles. The van der Waals surface area contributed by atoms with Gasteiger partial charge in [0.2, 0.25) is 0 Å². The Bertz CT molecular complexity index is 937. The number of benzene rings is 2. The third-order valence-corrected chi connectivity index (χ3v) is 5.28. The van der Waals surface area contributed by atoms with Crippen molar-refractivity contribution in [1.29, 1.82) is 0 Å². The fraction of sp³-hybridized carbons (Fsp3) is 0.364. The number of hydrogen-bond acceptors (Lipinski definition) is 5. The SMILES string of the molecule is CC[C@@H](C)NC(=O)c1cc(NC(=O)c2ccc([N+](=O)[O-])cc2)ccc1N1CCCC1. The summed E-state index contributed by atoms with van der Waals surface area (Å²) in [7, 11) is 0. The molecule has 3 rings (SSSR count). The Morgan fingerprint density at radius 2 is 1.77 bits per heavy atom. The Balaban J connectivity index is 1.84. The molecule has 2 aromatic rings. The minimum atomic E-state index is -0.513. The van der Waals surface area contributed by atoms with Crippen LogP contribution in [-0.2, 0) is 0 Å². The van der Waals surface area contributed by atoms with Gasteiger partial charge in [0.1, 0.15) is 0 Å². The lowest BCUT2D eigenvalue weighted by molar-refractivity contribution is -0.384. The van der Waals surface area contributed by atoms with E-state index in [4.69, 9.17) is 0 Å². The van der Waals surface area contributed by atoms with E-state index in [0.717, 1.165) is 38.0 Å². The molecule has 1 heterocycles. The molecule has 8 heteroatoms. The average Bonchev–Trinajstić information content (AvgIpc) is 3.28. The monoisotopic (exact) mass is 410 g/mol. The van der Waals surface area contributed by atoms with Gasteiger partial charge < -0.3 is 15.5 Å². The number of nitro benzene ring substituents is 1. The van der Waals surface area contributed by atoms with Gasteiger partial charge in [-0.25, -0.2) is 0 Å². The summed E-state index contributed by atoms with van der Waals surface area (Å²) in [4.78, 5) is 37.9. The number of nitro groups is 1. The predicted molar refractivity (Wildman–Crippen MR) is 116 cm³/mol. The smallest absolute Gasteiger partial charge is 0.269 e. The van der Waals surface area contributed by atoms with Crippen molar-refractivity contribution in [2.45, 2.75) is 39.2 Å². The molecule has 0 radical (unpaired) electrons. The molecule has 1 fully saturated rings. The summed E-state index contributed by atoms with van der Waals surface area (Å²) in [5, 5.41) is 16.6. The zero-order valence-corrected chi connectivity index (χ0v) is 17.2. The molecule has 2 aromatic carbocycles. The second-order valence-corrected chi connectivity index (χ2v) is 7.47. The van der Waals surface area contributed by atoms with Gasteiger partial charge >= 0.3 is 0 Å². The first kappa shape index (κ1) is 21.3. The maximum Gasteiger partial charge on any atom is 0.269 e. The summed E-state index contributed by atoms with van der Waals surface area (Å²) in [6, 6.07) is 10.8. The first-order chi connectivity index (χ1) is 14.4. The van der Waals surface area contributed by atoms with Crippen molar-refractivity contribution in [3.63, 3.8) is 0 Å². The molecule has 0 saturated carbocycles. The quantitative estimate of drug-likeness (QED) is 0.531. The van der Waals surface area contributed by atoms with E-state index in [1.807, 2.05) is 19.9 Å². The lowest BCUT2D eigenvalue weighted by Crippen LogP contribution is -2.33. The van der Waals surface area contributed by atoms with Crippen molar-refractivity contribution in [3.8, 4) is 0 Å². The number of non-ortho nitro benzene ring substituents is 1. The van der Waals surface area contributed by atoms with Gasteiger partial charge in [0.25, 0.3) is 17.5 Å². The van der Waals surface area contributed by atoms with Gasteiger partial charge in [0.15, 0.2) is 0 Å². The number of anilines is 2. The molecule has 2 N–H and O–H groups in total. The van der Waals surface area contributed by atoms with Crippen LogP contribution in [0.1, 0.15) is 53.8 Å². The maximum absolute atomic E-state index is 12.9. The largest absolute Gasteiger partial charge is 0.371 e. The fourth-order valence-corrected chi connectivity index (χ4v) is 3.37. The Labute approximate surface area is 175 Å². The van der Waals surface area contributed by atoms with Crippen LogP contribution in [0.25, 0.3) is 0 Å². The molecule has 0 aromatic heterocycles. The molecular formula is C22H26N4O4. The first-order valence-electron chi connectivity index (χ1n) is 10.1. The highest BCUT2D eigenvalue weighted by atomic mass is 16.6. The lowest BCUT2D eigenvalue weighted by Gasteiger charge is -2.23. The zero-order valence-electron chi connectivity index (χ0n) is 17.2. The van der Waals surface area contributed by atoms with Crippen molar-refractivity contribution >= 4 is 28.9 Å². The summed E-state index contributed by atoms with van der Waals surface area (Å²) in [5.74, 6) is -0.565. The topological polar surface area (TPSA) is 105 Å². The van der Waals surface area contributed by atoms with Gasteiger partial charge in [-0.2, -0.15) is 0 Å². The number of nitrogens with one attached hydrogen (secondary N) is 2. The summed E-state index contributed by atoms with van der Waals surface area (Å²) in [5.41, 5.74) is 2.11. The first-order valence-corrected chi connectivity index (χ1v) is 10.1. The Morgan fingerprint density at radius 1 is 1.10 bits per heavy atom. The van der Waals surface area contributed by atoms with Crippen molar-refractivity contribution in [2.24, 2.45) is 0 Å². The van der Waals surface area contributed by atoms with E-state index < -0.39 is 10.8 Å². The molecule has 1 aliphatic heterocycles. The van der Waals surface area contributed by atoms with Crippen LogP contribution in [0.15, 0.2) is 42.5 Å². The van der Waals surface area contributed by atoms with Crippen molar-refractivity contribution in [2.75, 3.05) is 23.3 Å². The summed E-state index contributed by atoms with van der Waals surface area (Å²) in [6.45, 7) is 5.76. The number of carbonyl (C=O) groups excluding carboxylic acids is 2. The van der Waals surface area contributed by atoms with Crippen molar-refractivity contribution in [1.82, 2.24) is 5.32 Å². The van der Waals surface area contributed by atoms with Gasteiger partial charge in [0.05, 0.1) is 10.5 Å². The highest BCUT2D eigenvalue weighted by Gasteiger charge is 2.21. The van der Waals surface area contributed by atoms with Crippen molar-refractivity contribution < 1.29 is 14.5 Å². The van der Waals surface area contributed by atoms with E-state index >= 15 is 0 Å². The molecule has 1 atom stereocenters. The Hall–Kier alpha value is -3.42. The molecule has 30 heavy (non-hydrogen) atoms. The number of carbonyl (C=O) groups is 2. The molecule has 0 unspecified atom stereocenters.